The van der Waals surface area contributed by atoms with Gasteiger partial charge in [0.25, 0.3) is 10.0 Å². The van der Waals surface area contributed by atoms with Crippen molar-refractivity contribution in [2.75, 3.05) is 11.8 Å². The highest BCUT2D eigenvalue weighted by molar-refractivity contribution is 7.92. The summed E-state index contributed by atoms with van der Waals surface area (Å²) in [6, 6.07) is 4.00. The highest BCUT2D eigenvalue weighted by Gasteiger charge is 2.26. The van der Waals surface area contributed by atoms with Crippen LogP contribution in [-0.4, -0.2) is 26.5 Å². The van der Waals surface area contributed by atoms with E-state index in [9.17, 15) is 22.0 Å². The van der Waals surface area contributed by atoms with E-state index in [2.05, 4.69) is 9.72 Å². The van der Waals surface area contributed by atoms with Crippen LogP contribution < -0.4 is 4.72 Å². The van der Waals surface area contributed by atoms with E-state index in [4.69, 9.17) is 0 Å². The van der Waals surface area contributed by atoms with Crippen LogP contribution in [0.25, 0.3) is 0 Å². The fourth-order valence-electron chi connectivity index (χ4n) is 1.87. The summed E-state index contributed by atoms with van der Waals surface area (Å²) in [5.41, 5.74) is 0.138. The summed E-state index contributed by atoms with van der Waals surface area (Å²) in [4.78, 5) is 13.1. The molecule has 0 radical (unpaired) electrons. The number of halogens is 2. The molecule has 0 bridgehead atoms. The van der Waals surface area contributed by atoms with Gasteiger partial charge in [0, 0.05) is 5.69 Å². The van der Waals surface area contributed by atoms with Crippen molar-refractivity contribution in [3.05, 3.63) is 47.3 Å². The van der Waals surface area contributed by atoms with Gasteiger partial charge in [-0.15, -0.1) is 0 Å². The number of methoxy groups -OCH3 is 1. The zero-order chi connectivity index (χ0) is 16.5. The van der Waals surface area contributed by atoms with Gasteiger partial charge in [-0.2, -0.15) is 0 Å². The molecule has 0 spiro atoms. The Bertz CT molecular complexity index is 810. The maximum absolute atomic E-state index is 13.6. The van der Waals surface area contributed by atoms with Gasteiger partial charge in [0.1, 0.15) is 17.3 Å². The molecule has 0 aliphatic rings. The van der Waals surface area contributed by atoms with Gasteiger partial charge in [0.15, 0.2) is 4.90 Å². The molecule has 1 aromatic carbocycles. The number of hydrogen-bond donors (Lipinski definition) is 2. The minimum Gasteiger partial charge on any atom is -0.464 e. The molecule has 2 aromatic rings. The normalized spacial score (nSPS) is 11.3. The van der Waals surface area contributed by atoms with E-state index in [1.54, 1.807) is 6.92 Å². The molecule has 0 saturated heterocycles. The molecule has 0 saturated carbocycles. The number of aryl methyl sites for hydroxylation is 1. The number of ether oxygens (including phenoxy) is 1. The number of sulfonamides is 1. The van der Waals surface area contributed by atoms with Crippen molar-refractivity contribution in [1.29, 1.82) is 0 Å². The predicted molar refractivity (Wildman–Crippen MR) is 74.0 cm³/mol. The summed E-state index contributed by atoms with van der Waals surface area (Å²) in [6.45, 7) is 1.58. The molecule has 2 rings (SSSR count). The molecule has 118 valence electrons. The lowest BCUT2D eigenvalue weighted by Gasteiger charge is -2.09. The third-order valence-corrected chi connectivity index (χ3v) is 4.19. The van der Waals surface area contributed by atoms with Crippen LogP contribution in [0.2, 0.25) is 0 Å². The zero-order valence-corrected chi connectivity index (χ0v) is 12.4. The first-order valence-corrected chi connectivity index (χ1v) is 7.49. The minimum atomic E-state index is -4.55. The predicted octanol–water partition coefficient (Wildman–Crippen LogP) is 2.19. The smallest absolute Gasteiger partial charge is 0.356 e. The molecular weight excluding hydrogens is 318 g/mol. The molecule has 9 heteroatoms. The maximum Gasteiger partial charge on any atom is 0.356 e. The monoisotopic (exact) mass is 330 g/mol. The number of nitrogens with one attached hydrogen (secondary N) is 2. The molecular formula is C13H12F2N2O4S. The van der Waals surface area contributed by atoms with Crippen molar-refractivity contribution in [2.45, 2.75) is 11.8 Å². The van der Waals surface area contributed by atoms with Gasteiger partial charge in [0.2, 0.25) is 0 Å². The van der Waals surface area contributed by atoms with Crippen LogP contribution >= 0.6 is 0 Å². The van der Waals surface area contributed by atoms with E-state index in [-0.39, 0.29) is 11.4 Å². The average molecular weight is 330 g/mol. The topological polar surface area (TPSA) is 88.3 Å². The van der Waals surface area contributed by atoms with Gasteiger partial charge in [0.05, 0.1) is 12.8 Å². The fraction of sp³-hybridized carbons (Fsp3) is 0.154. The van der Waals surface area contributed by atoms with Crippen LogP contribution in [0.1, 0.15) is 16.2 Å². The summed E-state index contributed by atoms with van der Waals surface area (Å²) in [6.07, 6.45) is 0. The van der Waals surface area contributed by atoms with Gasteiger partial charge in [-0.25, -0.2) is 22.0 Å². The van der Waals surface area contributed by atoms with Gasteiger partial charge >= 0.3 is 5.97 Å². The number of rotatable bonds is 4. The maximum atomic E-state index is 13.6. The Hall–Kier alpha value is -2.42. The Balaban J connectivity index is 2.48. The molecule has 1 heterocycles. The average Bonchev–Trinajstić information content (AvgIpc) is 2.77. The Morgan fingerprint density at radius 2 is 1.86 bits per heavy atom. The number of aromatic amines is 1. The SMILES string of the molecule is COC(=O)c1[nH]c(C)cc1NS(=O)(=O)c1c(F)cccc1F. The Kier molecular flexibility index (Phi) is 4.18. The largest absolute Gasteiger partial charge is 0.464 e. The minimum absolute atomic E-state index is 0.160. The van der Waals surface area contributed by atoms with Crippen molar-refractivity contribution < 1.29 is 26.7 Å². The number of esters is 1. The summed E-state index contributed by atoms with van der Waals surface area (Å²) in [5.74, 6) is -3.29. The lowest BCUT2D eigenvalue weighted by atomic mass is 10.3. The van der Waals surface area contributed by atoms with Crippen molar-refractivity contribution >= 4 is 21.7 Å². The lowest BCUT2D eigenvalue weighted by molar-refractivity contribution is 0.0596. The highest BCUT2D eigenvalue weighted by Crippen LogP contribution is 2.25. The van der Waals surface area contributed by atoms with Crippen LogP contribution in [0, 0.1) is 18.6 Å². The Labute approximate surface area is 125 Å². The number of benzene rings is 1. The second-order valence-corrected chi connectivity index (χ2v) is 6.01. The summed E-state index contributed by atoms with van der Waals surface area (Å²) < 4.78 is 58.0. The highest BCUT2D eigenvalue weighted by atomic mass is 32.2. The first-order valence-electron chi connectivity index (χ1n) is 6.01. The van der Waals surface area contributed by atoms with E-state index < -0.39 is 32.5 Å². The number of aromatic nitrogens is 1. The van der Waals surface area contributed by atoms with Crippen LogP contribution in [-0.2, 0) is 14.8 Å². The van der Waals surface area contributed by atoms with E-state index in [1.165, 1.54) is 6.07 Å². The van der Waals surface area contributed by atoms with Crippen molar-refractivity contribution in [3.63, 3.8) is 0 Å². The van der Waals surface area contributed by atoms with Gasteiger partial charge in [-0.3, -0.25) is 4.72 Å². The van der Waals surface area contributed by atoms with Crippen molar-refractivity contribution in [3.8, 4) is 0 Å². The number of carbonyl (C=O) groups excluding carboxylic acids is 1. The van der Waals surface area contributed by atoms with E-state index in [0.29, 0.717) is 5.69 Å². The summed E-state index contributed by atoms with van der Waals surface area (Å²) >= 11 is 0. The van der Waals surface area contributed by atoms with Crippen LogP contribution in [0.5, 0.6) is 0 Å². The summed E-state index contributed by atoms with van der Waals surface area (Å²) in [5, 5.41) is 0. The number of hydrogen-bond acceptors (Lipinski definition) is 4. The van der Waals surface area contributed by atoms with E-state index >= 15 is 0 Å². The molecule has 0 amide bonds. The summed E-state index contributed by atoms with van der Waals surface area (Å²) in [7, 11) is -3.43. The van der Waals surface area contributed by atoms with Gasteiger partial charge < -0.3 is 9.72 Å². The van der Waals surface area contributed by atoms with Crippen LogP contribution in [0.3, 0.4) is 0 Å². The zero-order valence-electron chi connectivity index (χ0n) is 11.6. The lowest BCUT2D eigenvalue weighted by Crippen LogP contribution is -2.18. The molecule has 22 heavy (non-hydrogen) atoms. The van der Waals surface area contributed by atoms with Crippen LogP contribution in [0.15, 0.2) is 29.2 Å². The van der Waals surface area contributed by atoms with E-state index in [1.807, 2.05) is 4.72 Å². The van der Waals surface area contributed by atoms with Crippen molar-refractivity contribution in [2.24, 2.45) is 0 Å². The number of anilines is 1. The number of H-pyrrole nitrogens is 1. The third-order valence-electron chi connectivity index (χ3n) is 2.77. The Morgan fingerprint density at radius 1 is 1.27 bits per heavy atom. The second-order valence-electron chi connectivity index (χ2n) is 4.39. The molecule has 2 N–H and O–H groups in total. The molecule has 0 aliphatic heterocycles. The fourth-order valence-corrected chi connectivity index (χ4v) is 3.07. The molecule has 6 nitrogen and oxygen atoms in total. The van der Waals surface area contributed by atoms with Crippen LogP contribution in [0.4, 0.5) is 14.5 Å². The quantitative estimate of drug-likeness (QED) is 0.841. The first-order chi connectivity index (χ1) is 10.3. The molecule has 0 aliphatic carbocycles. The molecule has 0 unspecified atom stereocenters. The van der Waals surface area contributed by atoms with E-state index in [0.717, 1.165) is 25.3 Å². The standard InChI is InChI=1S/C13H12F2N2O4S/c1-7-6-10(11(16-7)13(18)21-2)17-22(19,20)12-8(14)4-3-5-9(12)15/h3-6,16-17H,1-2H3. The van der Waals surface area contributed by atoms with Crippen molar-refractivity contribution in [1.82, 2.24) is 4.98 Å². The third kappa shape index (κ3) is 2.93. The van der Waals surface area contributed by atoms with Gasteiger partial charge in [-0.05, 0) is 25.1 Å². The first kappa shape index (κ1) is 16.0. The second kappa shape index (κ2) is 5.76. The van der Waals surface area contributed by atoms with Gasteiger partial charge in [-0.1, -0.05) is 6.07 Å². The molecule has 0 atom stereocenters. The molecule has 1 aromatic heterocycles. The number of carbonyl (C=O) groups is 1. The molecule has 0 fully saturated rings. The Morgan fingerprint density at radius 3 is 2.41 bits per heavy atom.